The summed E-state index contributed by atoms with van der Waals surface area (Å²) in [6.07, 6.45) is 0.825. The van der Waals surface area contributed by atoms with E-state index in [9.17, 15) is 4.79 Å². The molecule has 26 heavy (non-hydrogen) atoms. The van der Waals surface area contributed by atoms with Gasteiger partial charge in [0.25, 0.3) is 5.91 Å². The lowest BCUT2D eigenvalue weighted by Gasteiger charge is -2.19. The van der Waals surface area contributed by atoms with Crippen LogP contribution in [-0.2, 0) is 0 Å². The largest absolute Gasteiger partial charge is 0.497 e. The van der Waals surface area contributed by atoms with Crippen molar-refractivity contribution < 1.29 is 14.1 Å². The van der Waals surface area contributed by atoms with Crippen molar-refractivity contribution in [3.8, 4) is 5.75 Å². The monoisotopic (exact) mass is 374 g/mol. The zero-order chi connectivity index (χ0) is 18.7. The normalized spacial score (nSPS) is 11.3. The van der Waals surface area contributed by atoms with Crippen LogP contribution in [0, 0.1) is 6.92 Å². The van der Waals surface area contributed by atoms with Gasteiger partial charge in [0.05, 0.1) is 23.0 Å². The fourth-order valence-corrected chi connectivity index (χ4v) is 3.58. The highest BCUT2D eigenvalue weighted by Gasteiger charge is 2.24. The number of aromatic nitrogens is 2. The third-order valence-corrected chi connectivity index (χ3v) is 4.93. The summed E-state index contributed by atoms with van der Waals surface area (Å²) in [6, 6.07) is 7.34. The number of hydrogen-bond acceptors (Lipinski definition) is 7. The SMILES string of the molecule is COc1ccc2nc(N(CCCN(C)C)C(=O)c3cc(C)no3)sc2c1. The molecule has 0 radical (unpaired) electrons. The Morgan fingerprint density at radius 2 is 2.08 bits per heavy atom. The fraction of sp³-hybridized carbons (Fsp3) is 0.389. The molecule has 1 amide bonds. The van der Waals surface area contributed by atoms with Crippen molar-refractivity contribution in [2.24, 2.45) is 0 Å². The van der Waals surface area contributed by atoms with Crippen LogP contribution in [0.1, 0.15) is 22.7 Å². The van der Waals surface area contributed by atoms with Crippen LogP contribution in [0.4, 0.5) is 5.13 Å². The molecule has 1 aromatic carbocycles. The number of benzene rings is 1. The smallest absolute Gasteiger partial charge is 0.298 e. The van der Waals surface area contributed by atoms with E-state index in [0.29, 0.717) is 17.4 Å². The molecular formula is C18H22N4O3S. The van der Waals surface area contributed by atoms with E-state index in [-0.39, 0.29) is 11.7 Å². The van der Waals surface area contributed by atoms with E-state index < -0.39 is 0 Å². The quantitative estimate of drug-likeness (QED) is 0.632. The number of methoxy groups -OCH3 is 1. The van der Waals surface area contributed by atoms with Gasteiger partial charge in [0, 0.05) is 12.6 Å². The molecule has 0 aliphatic rings. The van der Waals surface area contributed by atoms with Gasteiger partial charge >= 0.3 is 0 Å². The number of hydrogen-bond donors (Lipinski definition) is 0. The number of nitrogens with zero attached hydrogens (tertiary/aromatic N) is 4. The summed E-state index contributed by atoms with van der Waals surface area (Å²) in [5.41, 5.74) is 1.51. The fourth-order valence-electron chi connectivity index (χ4n) is 2.56. The summed E-state index contributed by atoms with van der Waals surface area (Å²) in [5.74, 6) is 0.767. The lowest BCUT2D eigenvalue weighted by atomic mass is 10.3. The average Bonchev–Trinajstić information content (AvgIpc) is 3.23. The Morgan fingerprint density at radius 3 is 2.73 bits per heavy atom. The van der Waals surface area contributed by atoms with E-state index in [2.05, 4.69) is 15.0 Å². The van der Waals surface area contributed by atoms with E-state index >= 15 is 0 Å². The topological polar surface area (TPSA) is 71.7 Å². The molecule has 7 nitrogen and oxygen atoms in total. The highest BCUT2D eigenvalue weighted by atomic mass is 32.1. The molecule has 0 spiro atoms. The highest BCUT2D eigenvalue weighted by molar-refractivity contribution is 7.22. The lowest BCUT2D eigenvalue weighted by Crippen LogP contribution is -2.33. The molecule has 0 aliphatic heterocycles. The van der Waals surface area contributed by atoms with Gasteiger partial charge in [0.2, 0.25) is 5.76 Å². The molecule has 0 saturated heterocycles. The van der Waals surface area contributed by atoms with Gasteiger partial charge < -0.3 is 14.2 Å². The first kappa shape index (κ1) is 18.3. The van der Waals surface area contributed by atoms with Crippen LogP contribution in [-0.4, -0.2) is 55.2 Å². The van der Waals surface area contributed by atoms with Gasteiger partial charge in [-0.1, -0.05) is 16.5 Å². The first-order chi connectivity index (χ1) is 12.5. The summed E-state index contributed by atoms with van der Waals surface area (Å²) in [5, 5.41) is 4.47. The zero-order valence-corrected chi connectivity index (χ0v) is 16.2. The zero-order valence-electron chi connectivity index (χ0n) is 15.4. The van der Waals surface area contributed by atoms with Crippen molar-refractivity contribution in [1.82, 2.24) is 15.0 Å². The maximum atomic E-state index is 13.0. The molecule has 2 aromatic heterocycles. The van der Waals surface area contributed by atoms with Gasteiger partial charge in [-0.3, -0.25) is 9.69 Å². The van der Waals surface area contributed by atoms with Crippen LogP contribution in [0.25, 0.3) is 10.2 Å². The first-order valence-electron chi connectivity index (χ1n) is 8.32. The van der Waals surface area contributed by atoms with Crippen molar-refractivity contribution in [3.05, 3.63) is 35.7 Å². The average molecular weight is 374 g/mol. The molecule has 0 bridgehead atoms. The molecule has 138 valence electrons. The van der Waals surface area contributed by atoms with Crippen molar-refractivity contribution in [2.75, 3.05) is 39.2 Å². The number of thiazole rings is 1. The Kier molecular flexibility index (Phi) is 5.53. The van der Waals surface area contributed by atoms with Crippen molar-refractivity contribution >= 4 is 32.6 Å². The molecule has 0 unspecified atom stereocenters. The minimum Gasteiger partial charge on any atom is -0.497 e. The van der Waals surface area contributed by atoms with Gasteiger partial charge in [-0.2, -0.15) is 0 Å². The number of carbonyl (C=O) groups excluding carboxylic acids is 1. The van der Waals surface area contributed by atoms with Gasteiger partial charge in [-0.05, 0) is 52.2 Å². The second-order valence-electron chi connectivity index (χ2n) is 6.28. The van der Waals surface area contributed by atoms with Crippen LogP contribution in [0.3, 0.4) is 0 Å². The van der Waals surface area contributed by atoms with Gasteiger partial charge in [-0.25, -0.2) is 4.98 Å². The van der Waals surface area contributed by atoms with E-state index in [1.54, 1.807) is 25.0 Å². The maximum Gasteiger partial charge on any atom is 0.298 e. The van der Waals surface area contributed by atoms with Crippen LogP contribution >= 0.6 is 11.3 Å². The predicted octanol–water partition coefficient (Wildman–Crippen LogP) is 3.20. The number of carbonyl (C=O) groups is 1. The third kappa shape index (κ3) is 4.03. The Morgan fingerprint density at radius 1 is 1.27 bits per heavy atom. The first-order valence-corrected chi connectivity index (χ1v) is 9.14. The van der Waals surface area contributed by atoms with E-state index in [1.807, 2.05) is 32.3 Å². The predicted molar refractivity (Wildman–Crippen MR) is 102 cm³/mol. The molecule has 8 heteroatoms. The molecule has 3 rings (SSSR count). The summed E-state index contributed by atoms with van der Waals surface area (Å²) in [7, 11) is 5.65. The molecule has 3 aromatic rings. The molecule has 0 atom stereocenters. The summed E-state index contributed by atoms with van der Waals surface area (Å²) in [6.45, 7) is 3.21. The van der Waals surface area contributed by atoms with Crippen molar-refractivity contribution in [3.63, 3.8) is 0 Å². The Labute approximate surface area is 156 Å². The van der Waals surface area contributed by atoms with Crippen LogP contribution in [0.15, 0.2) is 28.8 Å². The summed E-state index contributed by atoms with van der Waals surface area (Å²) in [4.78, 5) is 21.3. The van der Waals surface area contributed by atoms with E-state index in [0.717, 1.165) is 28.9 Å². The second-order valence-corrected chi connectivity index (χ2v) is 7.29. The maximum absolute atomic E-state index is 13.0. The third-order valence-electron chi connectivity index (χ3n) is 3.89. The standard InChI is InChI=1S/C18H22N4O3S/c1-12-10-15(25-20-12)17(23)22(9-5-8-21(2)3)18-19-14-7-6-13(24-4)11-16(14)26-18/h6-7,10-11H,5,8-9H2,1-4H3. The van der Waals surface area contributed by atoms with Crippen LogP contribution in [0.5, 0.6) is 5.75 Å². The minimum atomic E-state index is -0.227. The molecule has 0 saturated carbocycles. The Hall–Kier alpha value is -2.45. The number of rotatable bonds is 7. The van der Waals surface area contributed by atoms with Gasteiger partial charge in [-0.15, -0.1) is 0 Å². The number of ether oxygens (including phenoxy) is 1. The molecular weight excluding hydrogens is 352 g/mol. The van der Waals surface area contributed by atoms with Crippen molar-refractivity contribution in [2.45, 2.75) is 13.3 Å². The number of anilines is 1. The molecule has 2 heterocycles. The number of amides is 1. The Bertz CT molecular complexity index is 903. The van der Waals surface area contributed by atoms with E-state index in [1.165, 1.54) is 11.3 Å². The minimum absolute atomic E-state index is 0.226. The molecule has 0 aliphatic carbocycles. The van der Waals surface area contributed by atoms with E-state index in [4.69, 9.17) is 9.26 Å². The van der Waals surface area contributed by atoms with Crippen LogP contribution < -0.4 is 9.64 Å². The highest BCUT2D eigenvalue weighted by Crippen LogP contribution is 2.32. The van der Waals surface area contributed by atoms with Gasteiger partial charge in [0.15, 0.2) is 5.13 Å². The van der Waals surface area contributed by atoms with Gasteiger partial charge in [0.1, 0.15) is 5.75 Å². The molecule has 0 fully saturated rings. The Balaban J connectivity index is 1.92. The van der Waals surface area contributed by atoms with Crippen molar-refractivity contribution in [1.29, 1.82) is 0 Å². The van der Waals surface area contributed by atoms with Crippen LogP contribution in [0.2, 0.25) is 0 Å². The molecule has 0 N–H and O–H groups in total. The lowest BCUT2D eigenvalue weighted by molar-refractivity contribution is 0.0950. The number of fused-ring (bicyclic) bond motifs is 1. The summed E-state index contributed by atoms with van der Waals surface area (Å²) < 4.78 is 11.4. The second kappa shape index (κ2) is 7.84. The number of aryl methyl sites for hydroxylation is 1. The summed E-state index contributed by atoms with van der Waals surface area (Å²) >= 11 is 1.46.